The number of nitrogens with one attached hydrogen (secondary N) is 1. The van der Waals surface area contributed by atoms with Gasteiger partial charge in [-0.2, -0.15) is 0 Å². The van der Waals surface area contributed by atoms with Crippen LogP contribution < -0.4 is 15.0 Å². The predicted molar refractivity (Wildman–Crippen MR) is 99.6 cm³/mol. The highest BCUT2D eigenvalue weighted by molar-refractivity contribution is 5.99. The molecule has 2 aromatic rings. The molecule has 0 radical (unpaired) electrons. The van der Waals surface area contributed by atoms with Crippen molar-refractivity contribution in [2.45, 2.75) is 12.8 Å². The van der Waals surface area contributed by atoms with Gasteiger partial charge in [0.15, 0.2) is 17.3 Å². The monoisotopic (exact) mass is 370 g/mol. The topological polar surface area (TPSA) is 88.7 Å². The van der Waals surface area contributed by atoms with Crippen molar-refractivity contribution in [3.63, 3.8) is 0 Å². The minimum absolute atomic E-state index is 0.0459. The summed E-state index contributed by atoms with van der Waals surface area (Å²) >= 11 is 0. The van der Waals surface area contributed by atoms with E-state index in [4.69, 9.17) is 9.47 Å². The SMILES string of the molecule is COc1ccc(C(=O)[C@@H]2CCCN(C(=O)c3ccc[nH]c3=O)C2)cc1OC. The number of hydrogen-bond acceptors (Lipinski definition) is 5. The summed E-state index contributed by atoms with van der Waals surface area (Å²) in [6, 6.07) is 8.17. The number of piperidine rings is 1. The smallest absolute Gasteiger partial charge is 0.260 e. The number of likely N-dealkylation sites (tertiary alicyclic amines) is 1. The molecule has 1 aliphatic rings. The Morgan fingerprint density at radius 3 is 2.63 bits per heavy atom. The van der Waals surface area contributed by atoms with E-state index in [1.165, 1.54) is 26.5 Å². The van der Waals surface area contributed by atoms with E-state index in [0.717, 1.165) is 0 Å². The maximum absolute atomic E-state index is 12.9. The Bertz CT molecular complexity index is 905. The second-order valence-electron chi connectivity index (χ2n) is 6.44. The second-order valence-corrected chi connectivity index (χ2v) is 6.44. The van der Waals surface area contributed by atoms with Crippen LogP contribution in [0.25, 0.3) is 0 Å². The van der Waals surface area contributed by atoms with E-state index in [0.29, 0.717) is 43.0 Å². The standard InChI is InChI=1S/C20H22N2O5/c1-26-16-8-7-13(11-17(16)27-2)18(23)14-5-4-10-22(12-14)20(25)15-6-3-9-21-19(15)24/h3,6-9,11,14H,4-5,10,12H2,1-2H3,(H,21,24)/t14-/m1/s1. The number of ketones is 1. The van der Waals surface area contributed by atoms with Gasteiger partial charge in [-0.15, -0.1) is 0 Å². The molecular weight excluding hydrogens is 348 g/mol. The molecule has 1 saturated heterocycles. The van der Waals surface area contributed by atoms with Crippen LogP contribution in [0.15, 0.2) is 41.3 Å². The Labute approximate surface area is 156 Å². The first-order chi connectivity index (χ1) is 13.0. The Kier molecular flexibility index (Phi) is 5.59. The summed E-state index contributed by atoms with van der Waals surface area (Å²) < 4.78 is 10.5. The van der Waals surface area contributed by atoms with Crippen LogP contribution in [-0.2, 0) is 0 Å². The molecule has 0 bridgehead atoms. The number of carbonyl (C=O) groups is 2. The van der Waals surface area contributed by atoms with Crippen molar-refractivity contribution in [3.05, 3.63) is 58.0 Å². The van der Waals surface area contributed by atoms with Gasteiger partial charge in [0.05, 0.1) is 14.2 Å². The van der Waals surface area contributed by atoms with Crippen LogP contribution in [0.2, 0.25) is 0 Å². The van der Waals surface area contributed by atoms with Crippen molar-refractivity contribution < 1.29 is 19.1 Å². The van der Waals surface area contributed by atoms with Gasteiger partial charge in [-0.3, -0.25) is 14.4 Å². The number of Topliss-reactive ketones (excluding diaryl/α,β-unsaturated/α-hetero) is 1. The van der Waals surface area contributed by atoms with Gasteiger partial charge < -0.3 is 19.4 Å². The van der Waals surface area contributed by atoms with Gasteiger partial charge in [0.2, 0.25) is 0 Å². The lowest BCUT2D eigenvalue weighted by Gasteiger charge is -2.32. The molecule has 1 aromatic heterocycles. The molecule has 1 aliphatic heterocycles. The Morgan fingerprint density at radius 1 is 1.15 bits per heavy atom. The lowest BCUT2D eigenvalue weighted by atomic mass is 9.89. The quantitative estimate of drug-likeness (QED) is 0.815. The summed E-state index contributed by atoms with van der Waals surface area (Å²) in [7, 11) is 3.06. The maximum atomic E-state index is 12.9. The van der Waals surface area contributed by atoms with Crippen LogP contribution >= 0.6 is 0 Å². The first kappa shape index (κ1) is 18.7. The summed E-state index contributed by atoms with van der Waals surface area (Å²) in [5.41, 5.74) is 0.192. The van der Waals surface area contributed by atoms with E-state index in [-0.39, 0.29) is 23.2 Å². The van der Waals surface area contributed by atoms with Crippen molar-refractivity contribution in [2.24, 2.45) is 5.92 Å². The molecule has 3 rings (SSSR count). The number of carbonyl (C=O) groups excluding carboxylic acids is 2. The molecule has 1 fully saturated rings. The van der Waals surface area contributed by atoms with Crippen molar-refractivity contribution in [1.29, 1.82) is 0 Å². The molecule has 1 atom stereocenters. The number of rotatable bonds is 5. The third kappa shape index (κ3) is 3.86. The van der Waals surface area contributed by atoms with Gasteiger partial charge in [-0.25, -0.2) is 0 Å². The highest BCUT2D eigenvalue weighted by atomic mass is 16.5. The fourth-order valence-corrected chi connectivity index (χ4v) is 3.36. The number of ether oxygens (including phenoxy) is 2. The van der Waals surface area contributed by atoms with Crippen LogP contribution in [0.1, 0.15) is 33.6 Å². The lowest BCUT2D eigenvalue weighted by Crippen LogP contribution is -2.43. The molecule has 2 heterocycles. The number of methoxy groups -OCH3 is 2. The van der Waals surface area contributed by atoms with Gasteiger partial charge >= 0.3 is 0 Å². The van der Waals surface area contributed by atoms with Crippen LogP contribution in [0.5, 0.6) is 11.5 Å². The van der Waals surface area contributed by atoms with E-state index in [2.05, 4.69) is 4.98 Å². The minimum atomic E-state index is -0.421. The molecule has 1 N–H and O–H groups in total. The van der Waals surface area contributed by atoms with E-state index in [1.54, 1.807) is 29.2 Å². The average Bonchev–Trinajstić information content (AvgIpc) is 2.72. The lowest BCUT2D eigenvalue weighted by molar-refractivity contribution is 0.0635. The third-order valence-electron chi connectivity index (χ3n) is 4.80. The molecule has 1 aromatic carbocycles. The maximum Gasteiger partial charge on any atom is 0.260 e. The zero-order valence-electron chi connectivity index (χ0n) is 15.4. The van der Waals surface area contributed by atoms with Gasteiger partial charge in [0, 0.05) is 30.8 Å². The molecule has 142 valence electrons. The van der Waals surface area contributed by atoms with E-state index >= 15 is 0 Å². The summed E-state index contributed by atoms with van der Waals surface area (Å²) in [6.07, 6.45) is 2.89. The molecule has 0 saturated carbocycles. The number of aromatic amines is 1. The summed E-state index contributed by atoms with van der Waals surface area (Å²) in [6.45, 7) is 0.823. The van der Waals surface area contributed by atoms with Crippen molar-refractivity contribution in [2.75, 3.05) is 27.3 Å². The van der Waals surface area contributed by atoms with Crippen LogP contribution in [0, 0.1) is 5.92 Å². The van der Waals surface area contributed by atoms with E-state index in [1.807, 2.05) is 0 Å². The summed E-state index contributed by atoms with van der Waals surface area (Å²) in [5.74, 6) is 0.335. The normalized spacial score (nSPS) is 16.7. The number of aromatic nitrogens is 1. The van der Waals surface area contributed by atoms with Crippen LogP contribution in [-0.4, -0.2) is 48.9 Å². The average molecular weight is 370 g/mol. The van der Waals surface area contributed by atoms with Gasteiger partial charge in [0.1, 0.15) is 5.56 Å². The molecule has 0 unspecified atom stereocenters. The molecule has 0 spiro atoms. The Balaban J connectivity index is 1.78. The Morgan fingerprint density at radius 2 is 1.93 bits per heavy atom. The number of hydrogen-bond donors (Lipinski definition) is 1. The molecule has 27 heavy (non-hydrogen) atoms. The number of H-pyrrole nitrogens is 1. The number of amides is 1. The first-order valence-electron chi connectivity index (χ1n) is 8.78. The minimum Gasteiger partial charge on any atom is -0.493 e. The molecule has 7 heteroatoms. The fraction of sp³-hybridized carbons (Fsp3) is 0.350. The summed E-state index contributed by atoms with van der Waals surface area (Å²) in [4.78, 5) is 41.6. The fourth-order valence-electron chi connectivity index (χ4n) is 3.36. The van der Waals surface area contributed by atoms with Crippen LogP contribution in [0.4, 0.5) is 0 Å². The highest BCUT2D eigenvalue weighted by Crippen LogP contribution is 2.30. The first-order valence-corrected chi connectivity index (χ1v) is 8.78. The third-order valence-corrected chi connectivity index (χ3v) is 4.80. The molecule has 1 amide bonds. The number of pyridine rings is 1. The largest absolute Gasteiger partial charge is 0.493 e. The molecular formula is C20H22N2O5. The van der Waals surface area contributed by atoms with Crippen molar-refractivity contribution in [1.82, 2.24) is 9.88 Å². The second kappa shape index (κ2) is 8.07. The van der Waals surface area contributed by atoms with E-state index < -0.39 is 5.56 Å². The van der Waals surface area contributed by atoms with Crippen molar-refractivity contribution >= 4 is 11.7 Å². The number of nitrogens with zero attached hydrogens (tertiary/aromatic N) is 1. The Hall–Kier alpha value is -3.09. The summed E-state index contributed by atoms with van der Waals surface area (Å²) in [5, 5.41) is 0. The van der Waals surface area contributed by atoms with E-state index in [9.17, 15) is 14.4 Å². The van der Waals surface area contributed by atoms with Crippen molar-refractivity contribution in [3.8, 4) is 11.5 Å². The van der Waals surface area contributed by atoms with Gasteiger partial charge in [-0.05, 0) is 43.2 Å². The zero-order chi connectivity index (χ0) is 19.4. The van der Waals surface area contributed by atoms with Crippen LogP contribution in [0.3, 0.4) is 0 Å². The zero-order valence-corrected chi connectivity index (χ0v) is 15.4. The predicted octanol–water partition coefficient (Wildman–Crippen LogP) is 2.13. The van der Waals surface area contributed by atoms with Gasteiger partial charge in [0.25, 0.3) is 11.5 Å². The molecule has 7 nitrogen and oxygen atoms in total. The molecule has 0 aliphatic carbocycles. The number of benzene rings is 1. The van der Waals surface area contributed by atoms with Gasteiger partial charge in [-0.1, -0.05) is 0 Å². The highest BCUT2D eigenvalue weighted by Gasteiger charge is 2.30.